The van der Waals surface area contributed by atoms with Gasteiger partial charge in [0, 0.05) is 35.6 Å². The highest BCUT2D eigenvalue weighted by molar-refractivity contribution is 7.91. The fourth-order valence-electron chi connectivity index (χ4n) is 3.94. The van der Waals surface area contributed by atoms with Crippen molar-refractivity contribution in [3.05, 3.63) is 58.4 Å². The second kappa shape index (κ2) is 9.82. The zero-order chi connectivity index (χ0) is 24.3. The van der Waals surface area contributed by atoms with Crippen LogP contribution in [0.2, 0.25) is 0 Å². The Labute approximate surface area is 189 Å². The first-order valence-corrected chi connectivity index (χ1v) is 12.1. The number of hydrogen-bond donors (Lipinski definition) is 1. The van der Waals surface area contributed by atoms with Gasteiger partial charge in [0.1, 0.15) is 11.6 Å². The third kappa shape index (κ3) is 5.84. The normalized spacial score (nSPS) is 17.0. The van der Waals surface area contributed by atoms with Crippen LogP contribution in [0.5, 0.6) is 0 Å². The molecule has 3 rings (SSSR count). The molecule has 178 valence electrons. The molecule has 1 atom stereocenters. The maximum absolute atomic E-state index is 13.6. The smallest absolute Gasteiger partial charge is 0.308 e. The Morgan fingerprint density at radius 3 is 2.52 bits per heavy atom. The summed E-state index contributed by atoms with van der Waals surface area (Å²) in [6, 6.07) is 3.94. The van der Waals surface area contributed by atoms with E-state index in [4.69, 9.17) is 4.74 Å². The van der Waals surface area contributed by atoms with Crippen molar-refractivity contribution in [2.24, 2.45) is 0 Å². The van der Waals surface area contributed by atoms with Crippen molar-refractivity contribution < 1.29 is 36.3 Å². The van der Waals surface area contributed by atoms with Crippen LogP contribution in [0, 0.1) is 25.5 Å². The Morgan fingerprint density at radius 2 is 1.88 bits per heavy atom. The minimum atomic E-state index is -3.09. The lowest BCUT2D eigenvalue weighted by Gasteiger charge is -2.16. The van der Waals surface area contributed by atoms with Gasteiger partial charge in [-0.25, -0.2) is 17.2 Å². The molecule has 1 aliphatic rings. The highest BCUT2D eigenvalue weighted by Gasteiger charge is 2.31. The molecule has 1 amide bonds. The summed E-state index contributed by atoms with van der Waals surface area (Å²) in [5.74, 6) is -3.67. The van der Waals surface area contributed by atoms with E-state index in [0.29, 0.717) is 23.7 Å². The topological polar surface area (TPSA) is 112 Å². The number of sulfone groups is 1. The first-order valence-electron chi connectivity index (χ1n) is 10.3. The minimum absolute atomic E-state index is 0.0273. The summed E-state index contributed by atoms with van der Waals surface area (Å²) < 4.78 is 56.9. The van der Waals surface area contributed by atoms with Gasteiger partial charge in [-0.3, -0.25) is 14.4 Å². The monoisotopic (exact) mass is 482 g/mol. The SMILES string of the molecule is Cc1cc(C(=O)COC(=O)CCNC(=O)c2ccc(F)cc2F)c(C)n1C1CCS(=O)(=O)C1. The average molecular weight is 483 g/mol. The van der Waals surface area contributed by atoms with Gasteiger partial charge in [0.15, 0.2) is 16.4 Å². The number of nitrogens with zero attached hydrogens (tertiary/aromatic N) is 1. The van der Waals surface area contributed by atoms with Gasteiger partial charge >= 0.3 is 5.97 Å². The van der Waals surface area contributed by atoms with Crippen molar-refractivity contribution in [2.75, 3.05) is 24.7 Å². The second-order valence-electron chi connectivity index (χ2n) is 7.93. The van der Waals surface area contributed by atoms with E-state index in [2.05, 4.69) is 5.32 Å². The van der Waals surface area contributed by atoms with Crippen LogP contribution in [-0.2, 0) is 19.4 Å². The standard InChI is InChI=1S/C22H24F2N2O6S/c1-13-9-18(14(2)26(13)16-6-8-33(30,31)12-16)20(27)11-32-21(28)5-7-25-22(29)17-4-3-15(23)10-19(17)24/h3-4,9-10,16H,5-8,11-12H2,1-2H3,(H,25,29). The molecule has 0 aliphatic carbocycles. The summed E-state index contributed by atoms with van der Waals surface area (Å²) in [7, 11) is -3.09. The molecule has 0 radical (unpaired) electrons. The van der Waals surface area contributed by atoms with Gasteiger partial charge in [-0.05, 0) is 38.5 Å². The molecule has 8 nitrogen and oxygen atoms in total. The van der Waals surface area contributed by atoms with E-state index >= 15 is 0 Å². The number of nitrogens with one attached hydrogen (secondary N) is 1. The van der Waals surface area contributed by atoms with Gasteiger partial charge in [0.05, 0.1) is 23.5 Å². The van der Waals surface area contributed by atoms with Crippen molar-refractivity contribution in [3.63, 3.8) is 0 Å². The zero-order valence-corrected chi connectivity index (χ0v) is 19.0. The van der Waals surface area contributed by atoms with Crippen molar-refractivity contribution in [3.8, 4) is 0 Å². The van der Waals surface area contributed by atoms with Crippen LogP contribution in [0.1, 0.15) is 51.0 Å². The maximum atomic E-state index is 13.6. The number of carbonyl (C=O) groups is 3. The Kier molecular flexibility index (Phi) is 7.31. The predicted molar refractivity (Wildman–Crippen MR) is 115 cm³/mol. The number of rotatable bonds is 8. The molecule has 0 spiro atoms. The lowest BCUT2D eigenvalue weighted by molar-refractivity contribution is -0.142. The third-order valence-corrected chi connectivity index (χ3v) is 7.26. The van der Waals surface area contributed by atoms with Crippen LogP contribution < -0.4 is 5.32 Å². The fraction of sp³-hybridized carbons (Fsp3) is 0.409. The van der Waals surface area contributed by atoms with E-state index in [1.807, 2.05) is 4.57 Å². The van der Waals surface area contributed by atoms with Gasteiger partial charge in [0.25, 0.3) is 5.91 Å². The summed E-state index contributed by atoms with van der Waals surface area (Å²) in [4.78, 5) is 36.4. The molecule has 1 fully saturated rings. The second-order valence-corrected chi connectivity index (χ2v) is 10.2. The summed E-state index contributed by atoms with van der Waals surface area (Å²) in [6.07, 6.45) is 0.232. The van der Waals surface area contributed by atoms with E-state index in [1.54, 1.807) is 19.9 Å². The van der Waals surface area contributed by atoms with Crippen LogP contribution in [0.15, 0.2) is 24.3 Å². The lowest BCUT2D eigenvalue weighted by atomic mass is 10.1. The Hall–Kier alpha value is -3.08. The van der Waals surface area contributed by atoms with E-state index in [9.17, 15) is 31.6 Å². The molecule has 1 unspecified atom stereocenters. The number of esters is 1. The molecule has 0 saturated carbocycles. The van der Waals surface area contributed by atoms with Crippen molar-refractivity contribution in [1.82, 2.24) is 9.88 Å². The van der Waals surface area contributed by atoms with Crippen molar-refractivity contribution in [1.29, 1.82) is 0 Å². The van der Waals surface area contributed by atoms with Crippen molar-refractivity contribution in [2.45, 2.75) is 32.7 Å². The number of Topliss-reactive ketones (excluding diaryl/α,β-unsaturated/α-hetero) is 1. The zero-order valence-electron chi connectivity index (χ0n) is 18.2. The molecule has 1 saturated heterocycles. The van der Waals surface area contributed by atoms with E-state index in [0.717, 1.165) is 17.8 Å². The first kappa shape index (κ1) is 24.6. The highest BCUT2D eigenvalue weighted by atomic mass is 32.2. The molecule has 1 aromatic carbocycles. The lowest BCUT2D eigenvalue weighted by Crippen LogP contribution is -2.27. The molecule has 0 bridgehead atoms. The number of aromatic nitrogens is 1. The van der Waals surface area contributed by atoms with Crippen LogP contribution >= 0.6 is 0 Å². The first-order chi connectivity index (χ1) is 15.5. The molecule has 1 aromatic heterocycles. The Bertz CT molecular complexity index is 1210. The molecular weight excluding hydrogens is 458 g/mol. The summed E-state index contributed by atoms with van der Waals surface area (Å²) in [5.41, 5.74) is 1.36. The Balaban J connectivity index is 1.50. The van der Waals surface area contributed by atoms with Crippen LogP contribution in [-0.4, -0.2) is 55.3 Å². The summed E-state index contributed by atoms with van der Waals surface area (Å²) >= 11 is 0. The number of halogens is 2. The van der Waals surface area contributed by atoms with E-state index < -0.39 is 45.7 Å². The molecule has 11 heteroatoms. The number of ether oxygens (including phenoxy) is 1. The molecule has 2 heterocycles. The summed E-state index contributed by atoms with van der Waals surface area (Å²) in [5, 5.41) is 2.33. The fourth-order valence-corrected chi connectivity index (χ4v) is 5.64. The van der Waals surface area contributed by atoms with Crippen LogP contribution in [0.4, 0.5) is 8.78 Å². The molecule has 1 aliphatic heterocycles. The number of hydrogen-bond acceptors (Lipinski definition) is 6. The maximum Gasteiger partial charge on any atom is 0.308 e. The molecule has 33 heavy (non-hydrogen) atoms. The van der Waals surface area contributed by atoms with Crippen LogP contribution in [0.25, 0.3) is 0 Å². The number of aryl methyl sites for hydroxylation is 1. The van der Waals surface area contributed by atoms with Gasteiger partial charge in [-0.2, -0.15) is 0 Å². The van der Waals surface area contributed by atoms with Gasteiger partial charge < -0.3 is 14.6 Å². The number of amides is 1. The quantitative estimate of drug-likeness (QED) is 0.457. The van der Waals surface area contributed by atoms with Crippen LogP contribution in [0.3, 0.4) is 0 Å². The minimum Gasteiger partial charge on any atom is -0.457 e. The van der Waals surface area contributed by atoms with Crippen molar-refractivity contribution >= 4 is 27.5 Å². The number of benzene rings is 1. The van der Waals surface area contributed by atoms with Gasteiger partial charge in [-0.1, -0.05) is 0 Å². The third-order valence-electron chi connectivity index (χ3n) is 5.51. The number of ketones is 1. The Morgan fingerprint density at radius 1 is 1.15 bits per heavy atom. The number of carbonyl (C=O) groups excluding carboxylic acids is 3. The van der Waals surface area contributed by atoms with E-state index in [1.165, 1.54) is 0 Å². The highest BCUT2D eigenvalue weighted by Crippen LogP contribution is 2.29. The molecular formula is C22H24F2N2O6S. The molecule has 1 N–H and O–H groups in total. The van der Waals surface area contributed by atoms with Gasteiger partial charge in [0.2, 0.25) is 5.78 Å². The van der Waals surface area contributed by atoms with E-state index in [-0.39, 0.29) is 36.1 Å². The predicted octanol–water partition coefficient (Wildman–Crippen LogP) is 2.29. The average Bonchev–Trinajstić information content (AvgIpc) is 3.23. The largest absolute Gasteiger partial charge is 0.457 e. The summed E-state index contributed by atoms with van der Waals surface area (Å²) in [6.45, 7) is 2.84. The molecule has 2 aromatic rings. The van der Waals surface area contributed by atoms with Gasteiger partial charge in [-0.15, -0.1) is 0 Å².